The Hall–Kier alpha value is 1.54. The summed E-state index contributed by atoms with van der Waals surface area (Å²) in [4.78, 5) is 0. The second kappa shape index (κ2) is 6.92. The van der Waals surface area contributed by atoms with Gasteiger partial charge in [-0.15, -0.1) is 34.0 Å². The van der Waals surface area contributed by atoms with Gasteiger partial charge in [-0.05, 0) is 0 Å². The van der Waals surface area contributed by atoms with E-state index in [-0.39, 0.29) is 39.4 Å². The van der Waals surface area contributed by atoms with Crippen LogP contribution in [0.1, 0.15) is 6.42 Å². The van der Waals surface area contributed by atoms with Gasteiger partial charge in [0.05, 0.1) is 0 Å². The van der Waals surface area contributed by atoms with Crippen LogP contribution in [0.15, 0.2) is 21.5 Å². The zero-order chi connectivity index (χ0) is 8.48. The summed E-state index contributed by atoms with van der Waals surface area (Å²) in [5.41, 5.74) is 0.00795. The van der Waals surface area contributed by atoms with Crippen LogP contribution in [0.3, 0.4) is 0 Å². The van der Waals surface area contributed by atoms with Crippen molar-refractivity contribution in [2.45, 2.75) is 28.8 Å². The minimum atomic E-state index is -1.68. The Labute approximate surface area is 107 Å². The molecular formula is C9H19Br2SiZr. The second-order valence-electron chi connectivity index (χ2n) is 3.95. The predicted octanol–water partition coefficient (Wildman–Crippen LogP) is 4.49. The van der Waals surface area contributed by atoms with E-state index in [1.807, 2.05) is 3.28 Å². The molecule has 0 saturated heterocycles. The molecule has 0 nitrogen and oxygen atoms in total. The molecule has 1 rings (SSSR count). The fourth-order valence-corrected chi connectivity index (χ4v) is 10.5. The molecule has 0 saturated carbocycles. The summed E-state index contributed by atoms with van der Waals surface area (Å²) in [5.74, 6) is 0. The number of hydrogen-bond acceptors (Lipinski definition) is 0. The minimum absolute atomic E-state index is 0. The van der Waals surface area contributed by atoms with Crippen molar-refractivity contribution in [3.63, 3.8) is 0 Å². The maximum absolute atomic E-state index is 2.59. The molecule has 0 N–H and O–H groups in total. The Kier molecular flexibility index (Phi) is 9.02. The van der Waals surface area contributed by atoms with E-state index in [2.05, 4.69) is 40.6 Å². The topological polar surface area (TPSA) is 0 Å². The van der Waals surface area contributed by atoms with Crippen LogP contribution in [0.4, 0.5) is 0 Å². The Morgan fingerprint density at radius 2 is 1.77 bits per heavy atom. The summed E-state index contributed by atoms with van der Waals surface area (Å²) in [6.45, 7) is 4.97. The summed E-state index contributed by atoms with van der Waals surface area (Å²) in [6, 6.07) is 0. The van der Waals surface area contributed by atoms with Crippen LogP contribution >= 0.6 is 34.0 Å². The van der Waals surface area contributed by atoms with Gasteiger partial charge < -0.3 is 0 Å². The SMILES string of the molecule is Br.Br.C[Si](C)=[Zr]([CH3])([CH3])[C]1=CC=CC1. The van der Waals surface area contributed by atoms with Gasteiger partial charge in [-0.1, -0.05) is 0 Å². The van der Waals surface area contributed by atoms with Gasteiger partial charge in [0.25, 0.3) is 0 Å². The number of hydrogen-bond donors (Lipinski definition) is 0. The summed E-state index contributed by atoms with van der Waals surface area (Å²) < 4.78 is 7.00. The molecule has 0 aromatic rings. The van der Waals surface area contributed by atoms with E-state index in [1.54, 1.807) is 0 Å². The molecule has 1 aliphatic carbocycles. The van der Waals surface area contributed by atoms with Gasteiger partial charge in [-0.2, -0.15) is 0 Å². The third kappa shape index (κ3) is 4.27. The molecule has 13 heavy (non-hydrogen) atoms. The third-order valence-electron chi connectivity index (χ3n) is 2.82. The molecule has 0 unspecified atom stereocenters. The summed E-state index contributed by atoms with van der Waals surface area (Å²) in [5, 5.41) is 0. The van der Waals surface area contributed by atoms with Crippen LogP contribution < -0.4 is 0 Å². The summed E-state index contributed by atoms with van der Waals surface area (Å²) in [6.07, 6.45) is 8.20. The molecule has 0 aromatic carbocycles. The zero-order valence-electron chi connectivity index (χ0n) is 8.76. The van der Waals surface area contributed by atoms with Crippen molar-refractivity contribution >= 4 is 39.4 Å². The summed E-state index contributed by atoms with van der Waals surface area (Å²) in [7, 11) is 0. The third-order valence-corrected chi connectivity index (χ3v) is 30.5. The Balaban J connectivity index is 0. The molecule has 1 aliphatic rings. The average Bonchev–Trinajstić information content (AvgIpc) is 2.37. The molecular weight excluding hydrogens is 387 g/mol. The standard InChI is InChI=1S/C5H5.C2H6Si.2CH3.2BrH.Zr/c1-2-4-5-3-1;1-3-2;;;;;/h1-3H,4H2;1-2H3;2*1H3;2*1H;. The summed E-state index contributed by atoms with van der Waals surface area (Å²) >= 11 is -1.68. The first-order valence-electron chi connectivity index (χ1n) is 4.22. The Morgan fingerprint density at radius 1 is 1.23 bits per heavy atom. The number of halogens is 2. The van der Waals surface area contributed by atoms with Gasteiger partial charge in [0.1, 0.15) is 0 Å². The first-order valence-corrected chi connectivity index (χ1v) is 16.5. The molecule has 0 spiro atoms. The average molecular weight is 406 g/mol. The van der Waals surface area contributed by atoms with Crippen molar-refractivity contribution in [1.82, 2.24) is 0 Å². The fourth-order valence-electron chi connectivity index (χ4n) is 1.23. The predicted molar refractivity (Wildman–Crippen MR) is 71.7 cm³/mol. The van der Waals surface area contributed by atoms with E-state index >= 15 is 0 Å². The van der Waals surface area contributed by atoms with E-state index in [4.69, 9.17) is 0 Å². The molecule has 0 radical (unpaired) electrons. The molecule has 0 heterocycles. The van der Waals surface area contributed by atoms with E-state index in [9.17, 15) is 0 Å². The fraction of sp³-hybridized carbons (Fsp3) is 0.556. The molecule has 4 heteroatoms. The van der Waals surface area contributed by atoms with Crippen LogP contribution in [0.5, 0.6) is 0 Å². The van der Waals surface area contributed by atoms with Crippen LogP contribution in [0.25, 0.3) is 0 Å². The molecule has 77 valence electrons. The van der Waals surface area contributed by atoms with Gasteiger partial charge in [-0.25, -0.2) is 0 Å². The number of allylic oxidation sites excluding steroid dienone is 4. The molecule has 0 fully saturated rings. The van der Waals surface area contributed by atoms with Gasteiger partial charge >= 0.3 is 74.6 Å². The van der Waals surface area contributed by atoms with Gasteiger partial charge in [0.2, 0.25) is 0 Å². The van der Waals surface area contributed by atoms with Crippen LogP contribution in [-0.2, 0) is 18.9 Å². The van der Waals surface area contributed by atoms with Crippen molar-refractivity contribution < 1.29 is 18.9 Å². The first kappa shape index (κ1) is 17.0. The van der Waals surface area contributed by atoms with Crippen molar-refractivity contribution in [1.29, 1.82) is 0 Å². The maximum atomic E-state index is 2.59. The van der Waals surface area contributed by atoms with Crippen LogP contribution in [-0.4, -0.2) is 5.43 Å². The van der Waals surface area contributed by atoms with Crippen molar-refractivity contribution in [2.24, 2.45) is 0 Å². The van der Waals surface area contributed by atoms with Gasteiger partial charge in [0.15, 0.2) is 0 Å². The monoisotopic (exact) mass is 403 g/mol. The Bertz CT molecular complexity index is 269. The van der Waals surface area contributed by atoms with Crippen LogP contribution in [0.2, 0.25) is 22.4 Å². The first-order chi connectivity index (χ1) is 5.05. The van der Waals surface area contributed by atoms with E-state index in [1.165, 1.54) is 6.42 Å². The molecule has 0 aromatic heterocycles. The second-order valence-corrected chi connectivity index (χ2v) is 30.3. The normalized spacial score (nSPS) is 14.3. The Morgan fingerprint density at radius 3 is 2.08 bits per heavy atom. The van der Waals surface area contributed by atoms with Gasteiger partial charge in [-0.3, -0.25) is 0 Å². The quantitative estimate of drug-likeness (QED) is 0.563. The zero-order valence-corrected chi connectivity index (χ0v) is 15.6. The number of rotatable bonds is 1. The molecule has 0 aliphatic heterocycles. The molecule has 0 amide bonds. The van der Waals surface area contributed by atoms with E-state index < -0.39 is 18.9 Å². The van der Waals surface area contributed by atoms with Crippen molar-refractivity contribution in [3.8, 4) is 0 Å². The van der Waals surface area contributed by atoms with E-state index in [0.717, 1.165) is 0 Å². The van der Waals surface area contributed by atoms with Crippen molar-refractivity contribution in [2.75, 3.05) is 0 Å². The van der Waals surface area contributed by atoms with Gasteiger partial charge in [0, 0.05) is 0 Å². The van der Waals surface area contributed by atoms with Crippen LogP contribution in [0, 0.1) is 0 Å². The van der Waals surface area contributed by atoms with E-state index in [0.29, 0.717) is 0 Å². The molecule has 0 atom stereocenters. The van der Waals surface area contributed by atoms with Crippen molar-refractivity contribution in [3.05, 3.63) is 21.5 Å². The molecule has 0 bridgehead atoms.